The molecule has 8 heteroatoms. The number of ether oxygens (including phenoxy) is 5. The van der Waals surface area contributed by atoms with E-state index in [4.69, 9.17) is 23.7 Å². The number of aliphatic hydroxyl groups excluding tert-OH is 1. The van der Waals surface area contributed by atoms with Gasteiger partial charge in [-0.3, -0.25) is 4.90 Å². The van der Waals surface area contributed by atoms with Gasteiger partial charge in [-0.15, -0.1) is 0 Å². The highest BCUT2D eigenvalue weighted by atomic mass is 16.7. The van der Waals surface area contributed by atoms with Crippen molar-refractivity contribution < 1.29 is 28.8 Å². The Balaban J connectivity index is 1.65. The number of methoxy groups -OCH3 is 3. The molecule has 2 fully saturated rings. The third kappa shape index (κ3) is 5.32. The van der Waals surface area contributed by atoms with Crippen molar-refractivity contribution in [1.82, 2.24) is 10.2 Å². The summed E-state index contributed by atoms with van der Waals surface area (Å²) in [6.45, 7) is 2.70. The second-order valence-electron chi connectivity index (χ2n) is 8.36. The van der Waals surface area contributed by atoms with Gasteiger partial charge in [0.2, 0.25) is 0 Å². The second kappa shape index (κ2) is 11.3. The number of nitrogens with zero attached hydrogens (tertiary/aromatic N) is 1. The van der Waals surface area contributed by atoms with E-state index in [0.29, 0.717) is 32.8 Å². The first kappa shape index (κ1) is 23.9. The van der Waals surface area contributed by atoms with Crippen molar-refractivity contribution >= 4 is 0 Å². The molecule has 2 heterocycles. The van der Waals surface area contributed by atoms with Gasteiger partial charge in [-0.25, -0.2) is 0 Å². The van der Waals surface area contributed by atoms with Crippen molar-refractivity contribution in [1.29, 1.82) is 0 Å². The average Bonchev–Trinajstić information content (AvgIpc) is 3.26. The van der Waals surface area contributed by atoms with Crippen LogP contribution in [0.4, 0.5) is 0 Å². The normalized spacial score (nSPS) is 26.5. The minimum atomic E-state index is -0.697. The van der Waals surface area contributed by atoms with Crippen LogP contribution in [0.3, 0.4) is 0 Å². The van der Waals surface area contributed by atoms with E-state index < -0.39 is 12.4 Å². The maximum atomic E-state index is 11.5. The van der Waals surface area contributed by atoms with Gasteiger partial charge in [-0.2, -0.15) is 0 Å². The zero-order chi connectivity index (χ0) is 23.2. The number of rotatable bonds is 11. The number of nitrogens with one attached hydrogen (secondary N) is 1. The SMILES string of the molecule is COCCN[C@H]1[C@@H]2OC[C@@H](O2)[C@@H](N(Cc2ccccc2OC)Cc2ccccc2OC)[C@@H]1O. The average molecular weight is 459 g/mol. The van der Waals surface area contributed by atoms with Crippen LogP contribution < -0.4 is 14.8 Å². The van der Waals surface area contributed by atoms with Gasteiger partial charge >= 0.3 is 0 Å². The molecule has 0 aromatic heterocycles. The summed E-state index contributed by atoms with van der Waals surface area (Å²) in [5, 5.41) is 14.9. The lowest BCUT2D eigenvalue weighted by atomic mass is 9.93. The van der Waals surface area contributed by atoms with E-state index >= 15 is 0 Å². The van der Waals surface area contributed by atoms with E-state index in [1.807, 2.05) is 48.5 Å². The van der Waals surface area contributed by atoms with Gasteiger partial charge in [-0.1, -0.05) is 36.4 Å². The molecular formula is C25H34N2O6. The van der Waals surface area contributed by atoms with Crippen LogP contribution in [-0.4, -0.2) is 81.7 Å². The maximum absolute atomic E-state index is 11.5. The van der Waals surface area contributed by atoms with E-state index in [9.17, 15) is 5.11 Å². The first-order valence-electron chi connectivity index (χ1n) is 11.3. The molecule has 180 valence electrons. The Kier molecular flexibility index (Phi) is 8.19. The highest BCUT2D eigenvalue weighted by Crippen LogP contribution is 2.34. The van der Waals surface area contributed by atoms with Gasteiger partial charge in [0.1, 0.15) is 17.6 Å². The molecule has 0 amide bonds. The van der Waals surface area contributed by atoms with Crippen LogP contribution in [0.5, 0.6) is 11.5 Å². The molecule has 0 radical (unpaired) electrons. The zero-order valence-electron chi connectivity index (χ0n) is 19.5. The van der Waals surface area contributed by atoms with Crippen LogP contribution in [0.25, 0.3) is 0 Å². The molecule has 33 heavy (non-hydrogen) atoms. The van der Waals surface area contributed by atoms with E-state index in [1.54, 1.807) is 21.3 Å². The van der Waals surface area contributed by atoms with Gasteiger partial charge in [0.15, 0.2) is 6.29 Å². The second-order valence-corrected chi connectivity index (χ2v) is 8.36. The van der Waals surface area contributed by atoms with Crippen LogP contribution in [0, 0.1) is 0 Å². The number of hydrogen-bond acceptors (Lipinski definition) is 8. The van der Waals surface area contributed by atoms with Crippen molar-refractivity contribution in [3.05, 3.63) is 59.7 Å². The maximum Gasteiger partial charge on any atom is 0.176 e. The number of para-hydroxylation sites is 2. The van der Waals surface area contributed by atoms with Crippen LogP contribution in [0.1, 0.15) is 11.1 Å². The smallest absolute Gasteiger partial charge is 0.176 e. The van der Waals surface area contributed by atoms with E-state index in [-0.39, 0.29) is 18.2 Å². The van der Waals surface area contributed by atoms with Crippen molar-refractivity contribution in [2.75, 3.05) is 41.1 Å². The molecule has 2 bridgehead atoms. The molecular weight excluding hydrogens is 424 g/mol. The quantitative estimate of drug-likeness (QED) is 0.494. The minimum absolute atomic E-state index is 0.241. The number of fused-ring (bicyclic) bond motifs is 2. The molecule has 0 unspecified atom stereocenters. The van der Waals surface area contributed by atoms with Gasteiger partial charge in [0, 0.05) is 37.9 Å². The van der Waals surface area contributed by atoms with Gasteiger partial charge < -0.3 is 34.1 Å². The third-order valence-corrected chi connectivity index (χ3v) is 6.37. The lowest BCUT2D eigenvalue weighted by Gasteiger charge is -2.44. The lowest BCUT2D eigenvalue weighted by Crippen LogP contribution is -2.64. The Bertz CT molecular complexity index is 847. The molecule has 5 atom stereocenters. The monoisotopic (exact) mass is 458 g/mol. The molecule has 4 rings (SSSR count). The molecule has 0 aliphatic carbocycles. The van der Waals surface area contributed by atoms with Gasteiger partial charge in [-0.05, 0) is 12.1 Å². The van der Waals surface area contributed by atoms with Gasteiger partial charge in [0.25, 0.3) is 0 Å². The summed E-state index contributed by atoms with van der Waals surface area (Å²) < 4.78 is 28.5. The standard InChI is InChI=1S/C25H34N2O6/c1-29-13-12-26-22-24(28)23(21-16-32-25(22)33-21)27(14-17-8-4-6-10-19(17)30-2)15-18-9-5-7-11-20(18)31-3/h4-11,21-26,28H,12-16H2,1-3H3/t21-,22-,23-,24-,25-/m1/s1. The largest absolute Gasteiger partial charge is 0.496 e. The van der Waals surface area contributed by atoms with Crippen LogP contribution in [-0.2, 0) is 27.3 Å². The topological polar surface area (TPSA) is 81.7 Å². The summed E-state index contributed by atoms with van der Waals surface area (Å²) in [5.74, 6) is 1.62. The number of aliphatic hydroxyl groups is 1. The Labute approximate surface area is 195 Å². The predicted octanol–water partition coefficient (Wildman–Crippen LogP) is 1.80. The molecule has 8 nitrogen and oxygen atoms in total. The fraction of sp³-hybridized carbons (Fsp3) is 0.520. The van der Waals surface area contributed by atoms with Crippen molar-refractivity contribution in [3.63, 3.8) is 0 Å². The highest BCUT2D eigenvalue weighted by molar-refractivity contribution is 5.35. The minimum Gasteiger partial charge on any atom is -0.496 e. The lowest BCUT2D eigenvalue weighted by molar-refractivity contribution is -0.174. The summed E-state index contributed by atoms with van der Waals surface area (Å²) in [7, 11) is 5.00. The summed E-state index contributed by atoms with van der Waals surface area (Å²) in [4.78, 5) is 2.24. The van der Waals surface area contributed by atoms with Crippen LogP contribution >= 0.6 is 0 Å². The zero-order valence-corrected chi connectivity index (χ0v) is 19.5. The van der Waals surface area contributed by atoms with Crippen molar-refractivity contribution in [2.24, 2.45) is 0 Å². The molecule has 0 saturated carbocycles. The Morgan fingerprint density at radius 3 is 2.15 bits per heavy atom. The summed E-state index contributed by atoms with van der Waals surface area (Å²) >= 11 is 0. The van der Waals surface area contributed by atoms with Crippen molar-refractivity contribution in [2.45, 2.75) is 43.7 Å². The third-order valence-electron chi connectivity index (χ3n) is 6.37. The first-order chi connectivity index (χ1) is 16.2. The summed E-state index contributed by atoms with van der Waals surface area (Å²) in [5.41, 5.74) is 2.07. The molecule has 2 aliphatic heterocycles. The molecule has 2 N–H and O–H groups in total. The van der Waals surface area contributed by atoms with Crippen LogP contribution in [0.2, 0.25) is 0 Å². The molecule has 2 saturated heterocycles. The Morgan fingerprint density at radius 1 is 0.970 bits per heavy atom. The van der Waals surface area contributed by atoms with E-state index in [2.05, 4.69) is 10.2 Å². The number of benzene rings is 2. The van der Waals surface area contributed by atoms with Gasteiger partial charge in [0.05, 0.1) is 45.6 Å². The summed E-state index contributed by atoms with van der Waals surface area (Å²) in [6, 6.07) is 15.3. The number of hydrogen-bond donors (Lipinski definition) is 2. The fourth-order valence-corrected chi connectivity index (χ4v) is 4.77. The molecule has 2 aromatic carbocycles. The van der Waals surface area contributed by atoms with Crippen LogP contribution in [0.15, 0.2) is 48.5 Å². The first-order valence-corrected chi connectivity index (χ1v) is 11.3. The Hall–Kier alpha value is -2.20. The molecule has 2 aromatic rings. The van der Waals surface area contributed by atoms with Crippen molar-refractivity contribution in [3.8, 4) is 11.5 Å². The Morgan fingerprint density at radius 2 is 1.58 bits per heavy atom. The van der Waals surface area contributed by atoms with E-state index in [0.717, 1.165) is 22.6 Å². The summed E-state index contributed by atoms with van der Waals surface area (Å²) in [6.07, 6.45) is -1.41. The predicted molar refractivity (Wildman–Crippen MR) is 123 cm³/mol. The fourth-order valence-electron chi connectivity index (χ4n) is 4.77. The molecule has 2 aliphatic rings. The molecule has 0 spiro atoms. The van der Waals surface area contributed by atoms with E-state index in [1.165, 1.54) is 0 Å². The highest BCUT2D eigenvalue weighted by Gasteiger charge is 2.52.